The minimum Gasteiger partial charge on any atom is -0.396 e. The maximum Gasteiger partial charge on any atom is 0.0431 e. The van der Waals surface area contributed by atoms with E-state index in [1.165, 1.54) is 64.2 Å². The summed E-state index contributed by atoms with van der Waals surface area (Å²) in [6.07, 6.45) is 18.9. The predicted molar refractivity (Wildman–Crippen MR) is 81.9 cm³/mol. The number of aliphatic hydroxyl groups is 1. The topological polar surface area (TPSA) is 20.2 Å². The van der Waals surface area contributed by atoms with Gasteiger partial charge in [0.1, 0.15) is 0 Å². The Morgan fingerprint density at radius 2 is 1.44 bits per heavy atom. The van der Waals surface area contributed by atoms with Crippen molar-refractivity contribution in [1.29, 1.82) is 0 Å². The normalized spacial score (nSPS) is 13.3. The van der Waals surface area contributed by atoms with Crippen molar-refractivity contribution in [3.63, 3.8) is 0 Å². The fraction of sp³-hybridized carbons (Fsp3) is 0.882. The summed E-state index contributed by atoms with van der Waals surface area (Å²) in [4.78, 5) is 0. The highest BCUT2D eigenvalue weighted by atomic mass is 16.2. The van der Waals surface area contributed by atoms with Gasteiger partial charge >= 0.3 is 0 Å². The van der Waals surface area contributed by atoms with Gasteiger partial charge in [-0.1, -0.05) is 58.1 Å². The van der Waals surface area contributed by atoms with Crippen molar-refractivity contribution in [3.05, 3.63) is 12.2 Å². The molecule has 0 radical (unpaired) electrons. The van der Waals surface area contributed by atoms with Gasteiger partial charge in [0.25, 0.3) is 0 Å². The van der Waals surface area contributed by atoms with Gasteiger partial charge in [-0.25, -0.2) is 0 Å². The Hall–Kier alpha value is -0.300. The van der Waals surface area contributed by atoms with E-state index in [1.54, 1.807) is 0 Å². The van der Waals surface area contributed by atoms with Gasteiger partial charge in [-0.15, -0.1) is 0 Å². The molecule has 0 spiro atoms. The highest BCUT2D eigenvalue weighted by Gasteiger charge is 1.99. The van der Waals surface area contributed by atoms with E-state index in [-0.39, 0.29) is 0 Å². The molecule has 0 aromatic rings. The summed E-state index contributed by atoms with van der Waals surface area (Å²) >= 11 is 0. The summed E-state index contributed by atoms with van der Waals surface area (Å²) in [5.41, 5.74) is 0. The van der Waals surface area contributed by atoms with Crippen LogP contribution in [0.1, 0.15) is 84.5 Å². The van der Waals surface area contributed by atoms with Crippen LogP contribution in [0.15, 0.2) is 12.2 Å². The maximum absolute atomic E-state index is 8.75. The van der Waals surface area contributed by atoms with Crippen LogP contribution in [0, 0.1) is 5.92 Å². The maximum atomic E-state index is 8.75. The Morgan fingerprint density at radius 1 is 0.833 bits per heavy atom. The lowest BCUT2D eigenvalue weighted by Gasteiger charge is -2.08. The Morgan fingerprint density at radius 3 is 2.11 bits per heavy atom. The van der Waals surface area contributed by atoms with Gasteiger partial charge in [0.15, 0.2) is 0 Å². The Kier molecular flexibility index (Phi) is 14.5. The quantitative estimate of drug-likeness (QED) is 0.341. The molecule has 0 aliphatic carbocycles. The average Bonchev–Trinajstić information content (AvgIpc) is 2.38. The van der Waals surface area contributed by atoms with Crippen molar-refractivity contribution in [1.82, 2.24) is 0 Å². The molecule has 0 aromatic heterocycles. The monoisotopic (exact) mass is 254 g/mol. The molecule has 1 N–H and O–H groups in total. The molecular weight excluding hydrogens is 220 g/mol. The minimum absolute atomic E-state index is 0.349. The minimum atomic E-state index is 0.349. The van der Waals surface area contributed by atoms with E-state index in [0.717, 1.165) is 12.3 Å². The Labute approximate surface area is 115 Å². The highest BCUT2D eigenvalue weighted by molar-refractivity contribution is 4.81. The third-order valence-corrected chi connectivity index (χ3v) is 3.56. The molecule has 1 nitrogen and oxygen atoms in total. The standard InChI is InChI=1S/C17H34O/c1-3-4-5-6-7-8-9-10-11-12-14-17(2)15-13-16-18/h9-10,17-18H,3-8,11-16H2,1-2H3. The number of allylic oxidation sites excluding steroid dienone is 2. The first-order chi connectivity index (χ1) is 8.81. The van der Waals surface area contributed by atoms with Crippen LogP contribution in [0.25, 0.3) is 0 Å². The molecule has 0 bridgehead atoms. The van der Waals surface area contributed by atoms with Crippen LogP contribution in [0.5, 0.6) is 0 Å². The number of unbranched alkanes of at least 4 members (excludes halogenated alkanes) is 6. The molecule has 0 saturated carbocycles. The van der Waals surface area contributed by atoms with Crippen LogP contribution in [-0.2, 0) is 0 Å². The molecule has 0 aliphatic rings. The lowest BCUT2D eigenvalue weighted by Crippen LogP contribution is -1.96. The van der Waals surface area contributed by atoms with Crippen molar-refractivity contribution in [3.8, 4) is 0 Å². The molecule has 1 atom stereocenters. The second-order valence-corrected chi connectivity index (χ2v) is 5.58. The van der Waals surface area contributed by atoms with E-state index in [2.05, 4.69) is 26.0 Å². The van der Waals surface area contributed by atoms with Crippen molar-refractivity contribution in [2.45, 2.75) is 84.5 Å². The van der Waals surface area contributed by atoms with Gasteiger partial charge in [0, 0.05) is 6.61 Å². The van der Waals surface area contributed by atoms with Crippen LogP contribution >= 0.6 is 0 Å². The third-order valence-electron chi connectivity index (χ3n) is 3.56. The lowest BCUT2D eigenvalue weighted by atomic mass is 9.99. The largest absolute Gasteiger partial charge is 0.396 e. The van der Waals surface area contributed by atoms with Gasteiger partial charge in [-0.2, -0.15) is 0 Å². The molecule has 0 rings (SSSR count). The highest BCUT2D eigenvalue weighted by Crippen LogP contribution is 2.14. The summed E-state index contributed by atoms with van der Waals surface area (Å²) < 4.78 is 0. The van der Waals surface area contributed by atoms with Crippen LogP contribution < -0.4 is 0 Å². The summed E-state index contributed by atoms with van der Waals surface area (Å²) in [5.74, 6) is 0.777. The summed E-state index contributed by atoms with van der Waals surface area (Å²) in [5, 5.41) is 8.75. The Balaban J connectivity index is 3.17. The van der Waals surface area contributed by atoms with Crippen LogP contribution in [0.3, 0.4) is 0 Å². The zero-order chi connectivity index (χ0) is 13.5. The zero-order valence-electron chi connectivity index (χ0n) is 12.7. The van der Waals surface area contributed by atoms with Gasteiger partial charge in [0.05, 0.1) is 0 Å². The lowest BCUT2D eigenvalue weighted by molar-refractivity contribution is 0.271. The van der Waals surface area contributed by atoms with E-state index in [1.807, 2.05) is 0 Å². The SMILES string of the molecule is CCCCCCCC=CCCCC(C)CCCO. The van der Waals surface area contributed by atoms with E-state index in [9.17, 15) is 0 Å². The van der Waals surface area contributed by atoms with E-state index in [4.69, 9.17) is 5.11 Å². The Bertz CT molecular complexity index is 174. The zero-order valence-corrected chi connectivity index (χ0v) is 12.7. The van der Waals surface area contributed by atoms with E-state index >= 15 is 0 Å². The van der Waals surface area contributed by atoms with Crippen LogP contribution in [0.4, 0.5) is 0 Å². The molecule has 0 aliphatic heterocycles. The summed E-state index contributed by atoms with van der Waals surface area (Å²) in [6.45, 7) is 4.91. The molecule has 1 heteroatoms. The predicted octanol–water partition coefficient (Wildman–Crippen LogP) is 5.48. The molecule has 0 heterocycles. The first-order valence-corrected chi connectivity index (χ1v) is 8.07. The van der Waals surface area contributed by atoms with E-state index < -0.39 is 0 Å². The second kappa shape index (κ2) is 14.8. The molecule has 0 fully saturated rings. The average molecular weight is 254 g/mol. The smallest absolute Gasteiger partial charge is 0.0431 e. The molecule has 108 valence electrons. The molecule has 0 saturated heterocycles. The van der Waals surface area contributed by atoms with Gasteiger partial charge in [-0.05, 0) is 44.4 Å². The molecule has 18 heavy (non-hydrogen) atoms. The van der Waals surface area contributed by atoms with Gasteiger partial charge < -0.3 is 5.11 Å². The second-order valence-electron chi connectivity index (χ2n) is 5.58. The molecule has 1 unspecified atom stereocenters. The van der Waals surface area contributed by atoms with Crippen LogP contribution in [-0.4, -0.2) is 11.7 Å². The first kappa shape index (κ1) is 17.7. The van der Waals surface area contributed by atoms with E-state index in [0.29, 0.717) is 6.61 Å². The summed E-state index contributed by atoms with van der Waals surface area (Å²) in [6, 6.07) is 0. The van der Waals surface area contributed by atoms with Crippen molar-refractivity contribution in [2.75, 3.05) is 6.61 Å². The number of hydrogen-bond donors (Lipinski definition) is 1. The van der Waals surface area contributed by atoms with Crippen molar-refractivity contribution in [2.24, 2.45) is 5.92 Å². The number of rotatable bonds is 13. The summed E-state index contributed by atoms with van der Waals surface area (Å²) in [7, 11) is 0. The number of aliphatic hydroxyl groups excluding tert-OH is 1. The van der Waals surface area contributed by atoms with Gasteiger partial charge in [0.2, 0.25) is 0 Å². The number of hydrogen-bond acceptors (Lipinski definition) is 1. The van der Waals surface area contributed by atoms with Crippen molar-refractivity contribution >= 4 is 0 Å². The first-order valence-electron chi connectivity index (χ1n) is 8.07. The van der Waals surface area contributed by atoms with Crippen LogP contribution in [0.2, 0.25) is 0 Å². The fourth-order valence-corrected chi connectivity index (χ4v) is 2.27. The fourth-order valence-electron chi connectivity index (χ4n) is 2.27. The molecule has 0 aromatic carbocycles. The third kappa shape index (κ3) is 13.8. The molecule has 0 amide bonds. The van der Waals surface area contributed by atoms with Gasteiger partial charge in [-0.3, -0.25) is 0 Å². The molecular formula is C17H34O. The van der Waals surface area contributed by atoms with Crippen molar-refractivity contribution < 1.29 is 5.11 Å².